The van der Waals surface area contributed by atoms with Gasteiger partial charge in [0.2, 0.25) is 0 Å². The van der Waals surface area contributed by atoms with E-state index in [9.17, 15) is 0 Å². The lowest BCUT2D eigenvalue weighted by atomic mass is 10.1. The molecular weight excluding hydrogens is 292 g/mol. The first-order chi connectivity index (χ1) is 8.66. The van der Waals surface area contributed by atoms with Crippen LogP contribution in [0.2, 0.25) is 0 Å². The predicted molar refractivity (Wildman–Crippen MR) is 78.7 cm³/mol. The van der Waals surface area contributed by atoms with Gasteiger partial charge in [0.15, 0.2) is 0 Å². The zero-order chi connectivity index (χ0) is 13.4. The van der Waals surface area contributed by atoms with Crippen LogP contribution in [0.15, 0.2) is 4.47 Å². The number of ether oxygens (including phenoxy) is 1. The molecule has 18 heavy (non-hydrogen) atoms. The lowest BCUT2D eigenvalue weighted by Gasteiger charge is -2.05. The maximum absolute atomic E-state index is 5.71. The molecular formula is C14H25BrN2O. The summed E-state index contributed by atoms with van der Waals surface area (Å²) in [5.41, 5.74) is 2.15. The largest absolute Gasteiger partial charge is 0.375 e. The van der Waals surface area contributed by atoms with E-state index in [1.54, 1.807) is 0 Å². The summed E-state index contributed by atoms with van der Waals surface area (Å²) in [5.74, 6) is 0. The average molecular weight is 317 g/mol. The SMILES string of the molecule is CCCCCCCCOCc1c(Br)c(C)nn1C. The number of halogens is 1. The zero-order valence-corrected chi connectivity index (χ0v) is 13.4. The van der Waals surface area contributed by atoms with Gasteiger partial charge < -0.3 is 4.74 Å². The van der Waals surface area contributed by atoms with Crippen molar-refractivity contribution < 1.29 is 4.74 Å². The fraction of sp³-hybridized carbons (Fsp3) is 0.786. The lowest BCUT2D eigenvalue weighted by Crippen LogP contribution is -2.02. The van der Waals surface area contributed by atoms with Crippen molar-refractivity contribution in [3.8, 4) is 0 Å². The first-order valence-electron chi connectivity index (χ1n) is 6.92. The van der Waals surface area contributed by atoms with Crippen molar-refractivity contribution >= 4 is 15.9 Å². The lowest BCUT2D eigenvalue weighted by molar-refractivity contribution is 0.111. The molecule has 0 spiro atoms. The van der Waals surface area contributed by atoms with Crippen molar-refractivity contribution in [2.45, 2.75) is 59.0 Å². The summed E-state index contributed by atoms with van der Waals surface area (Å²) in [6.07, 6.45) is 7.82. The fourth-order valence-corrected chi connectivity index (χ4v) is 2.44. The van der Waals surface area contributed by atoms with Crippen molar-refractivity contribution in [3.05, 3.63) is 15.9 Å². The maximum Gasteiger partial charge on any atom is 0.0896 e. The molecule has 1 aromatic rings. The van der Waals surface area contributed by atoms with Gasteiger partial charge in [0.25, 0.3) is 0 Å². The molecule has 0 fully saturated rings. The molecule has 0 aliphatic rings. The molecule has 1 heterocycles. The van der Waals surface area contributed by atoms with E-state index in [-0.39, 0.29) is 0 Å². The van der Waals surface area contributed by atoms with Gasteiger partial charge in [-0.15, -0.1) is 0 Å². The number of nitrogens with zero attached hydrogens (tertiary/aromatic N) is 2. The summed E-state index contributed by atoms with van der Waals surface area (Å²) >= 11 is 3.55. The van der Waals surface area contributed by atoms with Crippen molar-refractivity contribution in [1.82, 2.24) is 9.78 Å². The number of aromatic nitrogens is 2. The Labute approximate surface area is 119 Å². The molecule has 0 radical (unpaired) electrons. The second-order valence-electron chi connectivity index (χ2n) is 4.79. The summed E-state index contributed by atoms with van der Waals surface area (Å²) in [6, 6.07) is 0. The molecule has 0 saturated carbocycles. The standard InChI is InChI=1S/C14H25BrN2O/c1-4-5-6-7-8-9-10-18-11-13-14(15)12(2)16-17(13)3/h4-11H2,1-3H3. The predicted octanol–water partition coefficient (Wildman–Crippen LogP) is 4.37. The van der Waals surface area contributed by atoms with Crippen LogP contribution >= 0.6 is 15.9 Å². The summed E-state index contributed by atoms with van der Waals surface area (Å²) in [7, 11) is 1.96. The molecule has 0 aromatic carbocycles. The van der Waals surface area contributed by atoms with E-state index >= 15 is 0 Å². The topological polar surface area (TPSA) is 27.1 Å². The summed E-state index contributed by atoms with van der Waals surface area (Å²) < 4.78 is 8.68. The average Bonchev–Trinajstić information content (AvgIpc) is 2.58. The van der Waals surface area contributed by atoms with E-state index in [1.807, 2.05) is 18.7 Å². The highest BCUT2D eigenvalue weighted by atomic mass is 79.9. The fourth-order valence-electron chi connectivity index (χ4n) is 1.99. The van der Waals surface area contributed by atoms with Crippen molar-refractivity contribution in [3.63, 3.8) is 0 Å². The van der Waals surface area contributed by atoms with Crippen LogP contribution in [0, 0.1) is 6.92 Å². The van der Waals surface area contributed by atoms with E-state index in [4.69, 9.17) is 4.74 Å². The van der Waals surface area contributed by atoms with Crippen LogP contribution in [0.3, 0.4) is 0 Å². The second-order valence-corrected chi connectivity index (χ2v) is 5.58. The highest BCUT2D eigenvalue weighted by molar-refractivity contribution is 9.10. The molecule has 1 aromatic heterocycles. The Morgan fingerprint density at radius 2 is 1.83 bits per heavy atom. The van der Waals surface area contributed by atoms with Gasteiger partial charge >= 0.3 is 0 Å². The summed E-state index contributed by atoms with van der Waals surface area (Å²) in [5, 5.41) is 4.35. The first kappa shape index (κ1) is 15.7. The van der Waals surface area contributed by atoms with Crippen molar-refractivity contribution in [1.29, 1.82) is 0 Å². The molecule has 0 atom stereocenters. The Kier molecular flexibility index (Phi) is 7.59. The number of aryl methyl sites for hydroxylation is 2. The minimum absolute atomic E-state index is 0.646. The van der Waals surface area contributed by atoms with Gasteiger partial charge in [-0.3, -0.25) is 4.68 Å². The van der Waals surface area contributed by atoms with Crippen LogP contribution < -0.4 is 0 Å². The molecule has 4 heteroatoms. The Bertz CT molecular complexity index is 350. The van der Waals surface area contributed by atoms with Crippen LogP contribution in [0.1, 0.15) is 56.8 Å². The minimum atomic E-state index is 0.646. The number of rotatable bonds is 9. The molecule has 0 N–H and O–H groups in total. The number of hydrogen-bond acceptors (Lipinski definition) is 2. The third-order valence-electron chi connectivity index (χ3n) is 3.14. The third-order valence-corrected chi connectivity index (χ3v) is 4.17. The van der Waals surface area contributed by atoms with Crippen LogP contribution in [-0.2, 0) is 18.4 Å². The molecule has 1 rings (SSSR count). The van der Waals surface area contributed by atoms with Crippen LogP contribution in [0.4, 0.5) is 0 Å². The van der Waals surface area contributed by atoms with E-state index in [2.05, 4.69) is 28.0 Å². The van der Waals surface area contributed by atoms with Gasteiger partial charge in [-0.05, 0) is 29.3 Å². The van der Waals surface area contributed by atoms with E-state index in [0.717, 1.165) is 28.9 Å². The number of unbranched alkanes of at least 4 members (excludes halogenated alkanes) is 5. The molecule has 0 saturated heterocycles. The molecule has 0 aliphatic heterocycles. The van der Waals surface area contributed by atoms with E-state index in [1.165, 1.54) is 32.1 Å². The normalized spacial score (nSPS) is 11.1. The van der Waals surface area contributed by atoms with Crippen LogP contribution in [-0.4, -0.2) is 16.4 Å². The molecule has 0 unspecified atom stereocenters. The maximum atomic E-state index is 5.71. The van der Waals surface area contributed by atoms with Crippen molar-refractivity contribution in [2.24, 2.45) is 7.05 Å². The minimum Gasteiger partial charge on any atom is -0.375 e. The zero-order valence-electron chi connectivity index (χ0n) is 11.8. The molecule has 0 bridgehead atoms. The summed E-state index contributed by atoms with van der Waals surface area (Å²) in [4.78, 5) is 0. The molecule has 104 valence electrons. The summed E-state index contributed by atoms with van der Waals surface area (Å²) in [6.45, 7) is 5.74. The van der Waals surface area contributed by atoms with Gasteiger partial charge in [0.1, 0.15) is 0 Å². The van der Waals surface area contributed by atoms with Gasteiger partial charge in [0, 0.05) is 13.7 Å². The second kappa shape index (κ2) is 8.70. The third kappa shape index (κ3) is 5.11. The molecule has 3 nitrogen and oxygen atoms in total. The Hall–Kier alpha value is -0.350. The van der Waals surface area contributed by atoms with Crippen molar-refractivity contribution in [2.75, 3.05) is 6.61 Å². The quantitative estimate of drug-likeness (QED) is 0.632. The van der Waals surface area contributed by atoms with E-state index < -0.39 is 0 Å². The van der Waals surface area contributed by atoms with Gasteiger partial charge in [-0.1, -0.05) is 39.0 Å². The monoisotopic (exact) mass is 316 g/mol. The first-order valence-corrected chi connectivity index (χ1v) is 7.71. The van der Waals surface area contributed by atoms with Gasteiger partial charge in [0.05, 0.1) is 22.5 Å². The molecule has 0 amide bonds. The van der Waals surface area contributed by atoms with Crippen LogP contribution in [0.5, 0.6) is 0 Å². The highest BCUT2D eigenvalue weighted by Crippen LogP contribution is 2.20. The van der Waals surface area contributed by atoms with E-state index in [0.29, 0.717) is 6.61 Å². The Morgan fingerprint density at radius 1 is 1.17 bits per heavy atom. The van der Waals surface area contributed by atoms with Gasteiger partial charge in [-0.2, -0.15) is 5.10 Å². The molecule has 0 aliphatic carbocycles. The Morgan fingerprint density at radius 3 is 2.44 bits per heavy atom. The van der Waals surface area contributed by atoms with Gasteiger partial charge in [-0.25, -0.2) is 0 Å². The smallest absolute Gasteiger partial charge is 0.0896 e. The Balaban J connectivity index is 2.11. The highest BCUT2D eigenvalue weighted by Gasteiger charge is 2.09. The van der Waals surface area contributed by atoms with Crippen LogP contribution in [0.25, 0.3) is 0 Å². The number of hydrogen-bond donors (Lipinski definition) is 0.